The van der Waals surface area contributed by atoms with E-state index in [1.807, 2.05) is 51.1 Å². The molecule has 7 nitrogen and oxygen atoms in total. The van der Waals surface area contributed by atoms with Crippen LogP contribution in [0.2, 0.25) is 0 Å². The van der Waals surface area contributed by atoms with Crippen molar-refractivity contribution in [3.63, 3.8) is 0 Å². The fourth-order valence-electron chi connectivity index (χ4n) is 4.15. The highest BCUT2D eigenvalue weighted by atomic mass is 32.2. The molecule has 0 aliphatic carbocycles. The van der Waals surface area contributed by atoms with Gasteiger partial charge < -0.3 is 9.30 Å². The third-order valence-electron chi connectivity index (χ3n) is 5.98. The van der Waals surface area contributed by atoms with Gasteiger partial charge in [-0.15, -0.1) is 0 Å². The van der Waals surface area contributed by atoms with Crippen molar-refractivity contribution >= 4 is 39.8 Å². The molecule has 1 N–H and O–H groups in total. The molecule has 0 unspecified atom stereocenters. The van der Waals surface area contributed by atoms with E-state index in [0.29, 0.717) is 17.7 Å². The number of amides is 1. The van der Waals surface area contributed by atoms with Crippen LogP contribution in [0.3, 0.4) is 0 Å². The molecule has 4 rings (SSSR count). The summed E-state index contributed by atoms with van der Waals surface area (Å²) in [4.78, 5) is 17.1. The van der Waals surface area contributed by atoms with Gasteiger partial charge in [-0.25, -0.2) is 0 Å². The number of hydrogen-bond donors (Lipinski definition) is 1. The Hall–Kier alpha value is -3.13. The van der Waals surface area contributed by atoms with Gasteiger partial charge in [0, 0.05) is 23.0 Å². The normalized spacial score (nSPS) is 17.0. The number of benzene rings is 1. The predicted octanol–water partition coefficient (Wildman–Crippen LogP) is 5.55. The third-order valence-corrected chi connectivity index (χ3v) is 7.05. The summed E-state index contributed by atoms with van der Waals surface area (Å²) >= 11 is 1.40. The van der Waals surface area contributed by atoms with Gasteiger partial charge in [0.15, 0.2) is 5.84 Å². The second-order valence-electron chi connectivity index (χ2n) is 8.06. The molecular weight excluding hydrogens is 434 g/mol. The number of aromatic nitrogens is 1. The summed E-state index contributed by atoms with van der Waals surface area (Å²) < 4.78 is 7.68. The molecule has 1 aromatic heterocycles. The number of hydrogen-bond acceptors (Lipinski definition) is 5. The summed E-state index contributed by atoms with van der Waals surface area (Å²) in [6.07, 6.45) is 3.68. The van der Waals surface area contributed by atoms with Gasteiger partial charge in [0.1, 0.15) is 10.8 Å². The Morgan fingerprint density at radius 2 is 1.85 bits per heavy atom. The SMILES string of the molecule is CCOc1ccc(-n2c(C)cc(/C=C3/C(=N)N4N=C(C(CC)CC)SC4=NC3=O)c2C)cc1. The summed E-state index contributed by atoms with van der Waals surface area (Å²) in [6.45, 7) is 10.9. The number of hydrazone groups is 1. The number of nitrogens with one attached hydrogen (secondary N) is 1. The van der Waals surface area contributed by atoms with E-state index < -0.39 is 5.91 Å². The Balaban J connectivity index is 1.67. The van der Waals surface area contributed by atoms with Crippen LogP contribution < -0.4 is 4.74 Å². The average molecular weight is 464 g/mol. The van der Waals surface area contributed by atoms with E-state index in [1.165, 1.54) is 16.8 Å². The van der Waals surface area contributed by atoms with Gasteiger partial charge in [-0.3, -0.25) is 10.2 Å². The summed E-state index contributed by atoms with van der Waals surface area (Å²) in [5, 5.41) is 16.2. The first-order valence-electron chi connectivity index (χ1n) is 11.3. The highest BCUT2D eigenvalue weighted by Crippen LogP contribution is 2.33. The molecule has 0 spiro atoms. The minimum absolute atomic E-state index is 0.0735. The number of thioether (sulfide) groups is 1. The van der Waals surface area contributed by atoms with Crippen molar-refractivity contribution in [2.75, 3.05) is 6.61 Å². The fourth-order valence-corrected chi connectivity index (χ4v) is 5.31. The van der Waals surface area contributed by atoms with E-state index in [-0.39, 0.29) is 11.4 Å². The van der Waals surface area contributed by atoms with Crippen LogP contribution in [0, 0.1) is 25.2 Å². The van der Waals surface area contributed by atoms with E-state index in [4.69, 9.17) is 10.1 Å². The molecule has 8 heteroatoms. The minimum atomic E-state index is -0.398. The first kappa shape index (κ1) is 23.0. The maximum Gasteiger partial charge on any atom is 0.283 e. The van der Waals surface area contributed by atoms with Crippen molar-refractivity contribution in [3.05, 3.63) is 52.9 Å². The number of amidine groups is 2. The first-order chi connectivity index (χ1) is 15.9. The second kappa shape index (κ2) is 9.39. The van der Waals surface area contributed by atoms with Crippen LogP contribution >= 0.6 is 11.8 Å². The molecule has 172 valence electrons. The van der Waals surface area contributed by atoms with Crippen molar-refractivity contribution in [1.29, 1.82) is 5.41 Å². The number of aryl methyl sites for hydroxylation is 1. The lowest BCUT2D eigenvalue weighted by Gasteiger charge is -2.20. The molecule has 2 aliphatic rings. The minimum Gasteiger partial charge on any atom is -0.494 e. The quantitative estimate of drug-likeness (QED) is 0.546. The van der Waals surface area contributed by atoms with Crippen LogP contribution in [-0.4, -0.2) is 38.1 Å². The third kappa shape index (κ3) is 4.27. The Morgan fingerprint density at radius 1 is 1.15 bits per heavy atom. The monoisotopic (exact) mass is 463 g/mol. The van der Waals surface area contributed by atoms with Crippen LogP contribution in [0.15, 0.2) is 46.0 Å². The van der Waals surface area contributed by atoms with Crippen molar-refractivity contribution in [2.45, 2.75) is 47.5 Å². The van der Waals surface area contributed by atoms with Gasteiger partial charge in [-0.05, 0) is 87.3 Å². The standard InChI is InChI=1S/C25H29N5O2S/c1-6-17(7-2)24-28-30-22(26)21(23(31)27-25(30)33-24)14-18-13-15(4)29(16(18)5)19-9-11-20(12-10-19)32-8-3/h9-14,17,26H,6-8H2,1-5H3/b21-14-,26-22?. The Kier molecular flexibility index (Phi) is 6.56. The summed E-state index contributed by atoms with van der Waals surface area (Å²) in [7, 11) is 0. The lowest BCUT2D eigenvalue weighted by molar-refractivity contribution is -0.114. The largest absolute Gasteiger partial charge is 0.494 e. The van der Waals surface area contributed by atoms with E-state index in [9.17, 15) is 4.79 Å². The molecule has 1 aromatic carbocycles. The zero-order valence-electron chi connectivity index (χ0n) is 19.7. The number of rotatable bonds is 7. The van der Waals surface area contributed by atoms with Crippen molar-refractivity contribution in [2.24, 2.45) is 16.0 Å². The van der Waals surface area contributed by atoms with Crippen LogP contribution in [0.4, 0.5) is 0 Å². The van der Waals surface area contributed by atoms with E-state index >= 15 is 0 Å². The fraction of sp³-hybridized carbons (Fsp3) is 0.360. The van der Waals surface area contributed by atoms with Gasteiger partial charge >= 0.3 is 0 Å². The Morgan fingerprint density at radius 3 is 2.48 bits per heavy atom. The molecule has 0 bridgehead atoms. The van der Waals surface area contributed by atoms with Crippen LogP contribution in [-0.2, 0) is 4.79 Å². The van der Waals surface area contributed by atoms with Crippen molar-refractivity contribution < 1.29 is 9.53 Å². The first-order valence-corrected chi connectivity index (χ1v) is 12.1. The maximum atomic E-state index is 12.8. The van der Waals surface area contributed by atoms with Crippen LogP contribution in [0.25, 0.3) is 11.8 Å². The lowest BCUT2D eigenvalue weighted by atomic mass is 10.1. The van der Waals surface area contributed by atoms with E-state index in [2.05, 4.69) is 28.5 Å². The Labute approximate surface area is 198 Å². The molecule has 3 heterocycles. The maximum absolute atomic E-state index is 12.8. The average Bonchev–Trinajstić information content (AvgIpc) is 3.33. The van der Waals surface area contributed by atoms with Crippen LogP contribution in [0.1, 0.15) is 50.6 Å². The van der Waals surface area contributed by atoms with Gasteiger partial charge in [-0.1, -0.05) is 13.8 Å². The molecule has 2 aromatic rings. The van der Waals surface area contributed by atoms with Crippen molar-refractivity contribution in [3.8, 4) is 11.4 Å². The lowest BCUT2D eigenvalue weighted by Crippen LogP contribution is -2.35. The van der Waals surface area contributed by atoms with Crippen LogP contribution in [0.5, 0.6) is 5.75 Å². The predicted molar refractivity (Wildman–Crippen MR) is 135 cm³/mol. The van der Waals surface area contributed by atoms with Gasteiger partial charge in [0.25, 0.3) is 5.91 Å². The molecular formula is C25H29N5O2S. The smallest absolute Gasteiger partial charge is 0.283 e. The molecule has 0 radical (unpaired) electrons. The number of carbonyl (C=O) groups excluding carboxylic acids is 1. The molecule has 0 saturated heterocycles. The zero-order valence-corrected chi connectivity index (χ0v) is 20.5. The van der Waals surface area contributed by atoms with Gasteiger partial charge in [0.05, 0.1) is 12.2 Å². The summed E-state index contributed by atoms with van der Waals surface area (Å²) in [5.41, 5.74) is 4.16. The molecule has 33 heavy (non-hydrogen) atoms. The Bertz CT molecular complexity index is 1190. The highest BCUT2D eigenvalue weighted by molar-refractivity contribution is 8.27. The number of aliphatic imine (C=N–C) groups is 1. The molecule has 0 fully saturated rings. The highest BCUT2D eigenvalue weighted by Gasteiger charge is 2.37. The summed E-state index contributed by atoms with van der Waals surface area (Å²) in [5.74, 6) is 0.819. The topological polar surface area (TPSA) is 83.0 Å². The number of fused-ring (bicyclic) bond motifs is 1. The zero-order chi connectivity index (χ0) is 23.7. The molecule has 0 saturated carbocycles. The number of carbonyl (C=O) groups is 1. The van der Waals surface area contributed by atoms with E-state index in [0.717, 1.165) is 46.3 Å². The summed E-state index contributed by atoms with van der Waals surface area (Å²) in [6, 6.07) is 9.96. The van der Waals surface area contributed by atoms with Gasteiger partial charge in [-0.2, -0.15) is 15.1 Å². The van der Waals surface area contributed by atoms with E-state index in [1.54, 1.807) is 6.08 Å². The molecule has 1 amide bonds. The van der Waals surface area contributed by atoms with Crippen molar-refractivity contribution in [1.82, 2.24) is 9.58 Å². The number of ether oxygens (including phenoxy) is 1. The number of nitrogens with zero attached hydrogens (tertiary/aromatic N) is 4. The second-order valence-corrected chi connectivity index (χ2v) is 9.05. The molecule has 2 aliphatic heterocycles. The molecule has 0 atom stereocenters. The van der Waals surface area contributed by atoms with Gasteiger partial charge in [0.2, 0.25) is 5.17 Å².